The van der Waals surface area contributed by atoms with Gasteiger partial charge in [0.25, 0.3) is 0 Å². The molecule has 0 N–H and O–H groups in total. The molecule has 1 nitrogen and oxygen atoms in total. The van der Waals surface area contributed by atoms with E-state index in [9.17, 15) is 0 Å². The number of fused-ring (bicyclic) bond motifs is 1. The summed E-state index contributed by atoms with van der Waals surface area (Å²) >= 11 is 0. The molecule has 2 heteroatoms. The average molecular weight is 499 g/mol. The van der Waals surface area contributed by atoms with Gasteiger partial charge in [-0.05, 0) is 40.3 Å². The van der Waals surface area contributed by atoms with Gasteiger partial charge in [0.05, 0.1) is 0 Å². The van der Waals surface area contributed by atoms with Crippen LogP contribution in [0, 0.1) is 17.9 Å². The number of nitrogens with zero attached hydrogens (tertiary/aromatic N) is 1. The third-order valence-corrected chi connectivity index (χ3v) is 5.88. The number of hydrogen-bond acceptors (Lipinski definition) is 1. The molecule has 4 bridgehead atoms. The van der Waals surface area contributed by atoms with Gasteiger partial charge < -0.3 is 4.98 Å². The zero-order chi connectivity index (χ0) is 15.7. The van der Waals surface area contributed by atoms with E-state index in [1.807, 2.05) is 6.20 Å². The van der Waals surface area contributed by atoms with E-state index in [1.165, 1.54) is 21.9 Å². The van der Waals surface area contributed by atoms with Crippen molar-refractivity contribution in [3.8, 4) is 11.3 Å². The summed E-state index contributed by atoms with van der Waals surface area (Å²) in [5, 5.41) is 2.43. The SMILES string of the molecule is [Ir].[c-]1cc2c(cc1-c1nccc3ccccc13)C1C=CC3C(C=C1)C23. The predicted molar refractivity (Wildman–Crippen MR) is 96.8 cm³/mol. The minimum atomic E-state index is 0. The second-order valence-electron chi connectivity index (χ2n) is 7.11. The molecule has 1 radical (unpaired) electrons. The van der Waals surface area contributed by atoms with Crippen LogP contribution in [0.4, 0.5) is 0 Å². The molecule has 3 aromatic rings. The van der Waals surface area contributed by atoms with Crippen LogP contribution in [0.2, 0.25) is 0 Å². The maximum Gasteiger partial charge on any atom is 0.0167 e. The van der Waals surface area contributed by atoms with Gasteiger partial charge in [-0.25, -0.2) is 0 Å². The Hall–Kier alpha value is -2.02. The van der Waals surface area contributed by atoms with Crippen molar-refractivity contribution < 1.29 is 20.1 Å². The second-order valence-corrected chi connectivity index (χ2v) is 7.11. The summed E-state index contributed by atoms with van der Waals surface area (Å²) in [6, 6.07) is 18.6. The first-order valence-electron chi connectivity index (χ1n) is 8.66. The zero-order valence-corrected chi connectivity index (χ0v) is 15.9. The molecule has 123 valence electrons. The number of aromatic nitrogens is 1. The van der Waals surface area contributed by atoms with Crippen LogP contribution in [0.1, 0.15) is 23.0 Å². The van der Waals surface area contributed by atoms with Crippen molar-refractivity contribution in [2.45, 2.75) is 11.8 Å². The zero-order valence-electron chi connectivity index (χ0n) is 13.5. The fraction of sp³-hybridized carbons (Fsp3) is 0.174. The first kappa shape index (κ1) is 15.3. The largest absolute Gasteiger partial charge is 0.304 e. The molecule has 0 amide bonds. The molecule has 2 aromatic carbocycles. The maximum absolute atomic E-state index is 4.67. The minimum Gasteiger partial charge on any atom is -0.304 e. The number of rotatable bonds is 1. The fourth-order valence-electron chi connectivity index (χ4n) is 4.60. The predicted octanol–water partition coefficient (Wildman–Crippen LogP) is 5.25. The molecular formula is C23H16IrN-. The third-order valence-electron chi connectivity index (χ3n) is 5.88. The molecular weight excluding hydrogens is 482 g/mol. The van der Waals surface area contributed by atoms with Gasteiger partial charge in [-0.1, -0.05) is 48.6 Å². The van der Waals surface area contributed by atoms with Crippen LogP contribution < -0.4 is 0 Å². The normalized spacial score (nSPS) is 27.4. The van der Waals surface area contributed by atoms with E-state index in [1.54, 1.807) is 0 Å². The van der Waals surface area contributed by atoms with Crippen molar-refractivity contribution in [3.63, 3.8) is 0 Å². The van der Waals surface area contributed by atoms with Crippen molar-refractivity contribution in [3.05, 3.63) is 90.2 Å². The molecule has 2 unspecified atom stereocenters. The van der Waals surface area contributed by atoms with E-state index in [4.69, 9.17) is 0 Å². The van der Waals surface area contributed by atoms with Crippen molar-refractivity contribution in [1.29, 1.82) is 0 Å². The Morgan fingerprint density at radius 3 is 2.52 bits per heavy atom. The monoisotopic (exact) mass is 499 g/mol. The van der Waals surface area contributed by atoms with Crippen LogP contribution in [0.15, 0.2) is 73.0 Å². The van der Waals surface area contributed by atoms with Crippen molar-refractivity contribution in [2.24, 2.45) is 11.8 Å². The Morgan fingerprint density at radius 2 is 1.68 bits per heavy atom. The van der Waals surface area contributed by atoms with Crippen LogP contribution in [0.5, 0.6) is 0 Å². The van der Waals surface area contributed by atoms with Crippen LogP contribution >= 0.6 is 0 Å². The van der Waals surface area contributed by atoms with Crippen molar-refractivity contribution >= 4 is 10.8 Å². The van der Waals surface area contributed by atoms with Gasteiger partial charge in [0.15, 0.2) is 0 Å². The Balaban J connectivity index is 0.00000140. The Bertz CT molecular complexity index is 1020. The molecule has 2 atom stereocenters. The number of pyridine rings is 1. The van der Waals surface area contributed by atoms with E-state index in [0.717, 1.165) is 11.3 Å². The van der Waals surface area contributed by atoms with Gasteiger partial charge in [0, 0.05) is 32.2 Å². The molecule has 0 spiro atoms. The molecule has 0 aliphatic heterocycles. The quantitative estimate of drug-likeness (QED) is 0.330. The van der Waals surface area contributed by atoms with Gasteiger partial charge in [-0.2, -0.15) is 0 Å². The Morgan fingerprint density at radius 1 is 0.880 bits per heavy atom. The topological polar surface area (TPSA) is 12.9 Å². The van der Waals surface area contributed by atoms with Gasteiger partial charge >= 0.3 is 0 Å². The van der Waals surface area contributed by atoms with E-state index >= 15 is 0 Å². The summed E-state index contributed by atoms with van der Waals surface area (Å²) < 4.78 is 0. The summed E-state index contributed by atoms with van der Waals surface area (Å²) in [4.78, 5) is 4.67. The first-order chi connectivity index (χ1) is 11.9. The summed E-state index contributed by atoms with van der Waals surface area (Å²) in [7, 11) is 0. The van der Waals surface area contributed by atoms with Gasteiger partial charge in [-0.3, -0.25) is 0 Å². The van der Waals surface area contributed by atoms with E-state index in [0.29, 0.717) is 23.7 Å². The van der Waals surface area contributed by atoms with Crippen molar-refractivity contribution in [1.82, 2.24) is 4.98 Å². The van der Waals surface area contributed by atoms with Crippen LogP contribution in [0.3, 0.4) is 0 Å². The maximum atomic E-state index is 4.67. The minimum absolute atomic E-state index is 0. The number of allylic oxidation sites excluding steroid dienone is 4. The second kappa shape index (κ2) is 5.49. The molecule has 1 saturated carbocycles. The molecule has 0 saturated heterocycles. The Kier molecular flexibility index (Phi) is 3.35. The van der Waals surface area contributed by atoms with Crippen LogP contribution in [-0.4, -0.2) is 4.98 Å². The van der Waals surface area contributed by atoms with Gasteiger partial charge in [0.2, 0.25) is 0 Å². The fourth-order valence-corrected chi connectivity index (χ4v) is 4.60. The number of hydrogen-bond donors (Lipinski definition) is 0. The number of benzene rings is 2. The molecule has 1 heterocycles. The standard InChI is InChI=1S/C23H16N.Ir/c1-2-4-17-14(3-1)11-12-24-23(17)16-7-10-20-21(13-16)15-5-8-18-19(9-6-15)22(18)20;/h1-6,8-13,15,18-19,22H;/q-1;. The summed E-state index contributed by atoms with van der Waals surface area (Å²) in [6.07, 6.45) is 11.5. The summed E-state index contributed by atoms with van der Waals surface area (Å²) in [5.41, 5.74) is 5.08. The molecule has 25 heavy (non-hydrogen) atoms. The van der Waals surface area contributed by atoms with Gasteiger partial charge in [0.1, 0.15) is 0 Å². The first-order valence-corrected chi connectivity index (χ1v) is 8.66. The van der Waals surface area contributed by atoms with E-state index in [2.05, 4.69) is 77.8 Å². The van der Waals surface area contributed by atoms with Crippen LogP contribution in [0.25, 0.3) is 22.0 Å². The molecule has 7 rings (SSSR count). The van der Waals surface area contributed by atoms with Crippen molar-refractivity contribution in [2.75, 3.05) is 0 Å². The third kappa shape index (κ3) is 2.14. The summed E-state index contributed by atoms with van der Waals surface area (Å²) in [6.45, 7) is 0. The molecule has 4 aliphatic carbocycles. The smallest absolute Gasteiger partial charge is 0.0167 e. The molecule has 1 fully saturated rings. The Labute approximate surface area is 160 Å². The summed E-state index contributed by atoms with van der Waals surface area (Å²) in [5.74, 6) is 2.50. The molecule has 1 aromatic heterocycles. The van der Waals surface area contributed by atoms with E-state index in [-0.39, 0.29) is 20.1 Å². The van der Waals surface area contributed by atoms with Gasteiger partial charge in [-0.15, -0.1) is 34.9 Å². The molecule has 4 aliphatic rings. The van der Waals surface area contributed by atoms with Crippen LogP contribution in [-0.2, 0) is 20.1 Å². The van der Waals surface area contributed by atoms with E-state index < -0.39 is 0 Å². The average Bonchev–Trinajstić information content (AvgIpc) is 3.39.